The number of sulfonamides is 1. The first-order valence-corrected chi connectivity index (χ1v) is 11.1. The van der Waals surface area contributed by atoms with E-state index in [-0.39, 0.29) is 17.6 Å². The highest BCUT2D eigenvalue weighted by molar-refractivity contribution is 7.89. The molecule has 1 amide bonds. The molecule has 0 bridgehead atoms. The van der Waals surface area contributed by atoms with Gasteiger partial charge in [-0.15, -0.1) is 0 Å². The molecule has 0 aromatic heterocycles. The lowest BCUT2D eigenvalue weighted by atomic mass is 9.91. The van der Waals surface area contributed by atoms with Gasteiger partial charge in [0.05, 0.1) is 4.90 Å². The van der Waals surface area contributed by atoms with Crippen molar-refractivity contribution in [1.82, 2.24) is 4.31 Å². The summed E-state index contributed by atoms with van der Waals surface area (Å²) in [7, 11) is -3.53. The molecule has 2 aliphatic heterocycles. The van der Waals surface area contributed by atoms with Crippen LogP contribution >= 0.6 is 0 Å². The fourth-order valence-corrected chi connectivity index (χ4v) is 5.29. The number of amides is 1. The number of carbonyl (C=O) groups is 1. The molecule has 2 aliphatic rings. The molecule has 0 spiro atoms. The number of rotatable bonds is 5. The number of ether oxygens (including phenoxy) is 2. The largest absolute Gasteiger partial charge is 0.454 e. The minimum atomic E-state index is -3.53. The minimum Gasteiger partial charge on any atom is -0.454 e. The van der Waals surface area contributed by atoms with Gasteiger partial charge in [0.25, 0.3) is 0 Å². The fraction of sp³-hybridized carbons (Fsp3) is 0.381. The molecule has 0 atom stereocenters. The van der Waals surface area contributed by atoms with Gasteiger partial charge in [-0.1, -0.05) is 6.07 Å². The van der Waals surface area contributed by atoms with Crippen LogP contribution in [0.4, 0.5) is 5.69 Å². The van der Waals surface area contributed by atoms with Crippen molar-refractivity contribution in [2.45, 2.75) is 31.1 Å². The molecule has 1 N–H and O–H groups in total. The van der Waals surface area contributed by atoms with Gasteiger partial charge in [-0.25, -0.2) is 8.42 Å². The number of piperidine rings is 1. The molecule has 0 saturated carbocycles. The summed E-state index contributed by atoms with van der Waals surface area (Å²) in [6.07, 6.45) is 2.53. The van der Waals surface area contributed by atoms with E-state index in [4.69, 9.17) is 9.47 Å². The van der Waals surface area contributed by atoms with Gasteiger partial charge < -0.3 is 14.8 Å². The molecule has 29 heavy (non-hydrogen) atoms. The van der Waals surface area contributed by atoms with Gasteiger partial charge in [0, 0.05) is 25.7 Å². The first kappa shape index (κ1) is 19.7. The predicted octanol–water partition coefficient (Wildman–Crippen LogP) is 3.02. The highest BCUT2D eigenvalue weighted by Crippen LogP contribution is 2.34. The van der Waals surface area contributed by atoms with Crippen molar-refractivity contribution < 1.29 is 22.7 Å². The Labute approximate surface area is 170 Å². The topological polar surface area (TPSA) is 84.9 Å². The molecule has 1 saturated heterocycles. The third kappa shape index (κ3) is 4.38. The number of nitrogens with one attached hydrogen (secondary N) is 1. The van der Waals surface area contributed by atoms with E-state index in [2.05, 4.69) is 5.32 Å². The van der Waals surface area contributed by atoms with Crippen LogP contribution in [0.25, 0.3) is 0 Å². The van der Waals surface area contributed by atoms with Crippen molar-refractivity contribution in [3.05, 3.63) is 48.0 Å². The Morgan fingerprint density at radius 3 is 2.45 bits per heavy atom. The SMILES string of the molecule is CC(=O)Nc1ccc(S(=O)(=O)N2CCC(Cc3ccc4c(c3)OCO4)CC2)cc1. The molecule has 4 rings (SSSR count). The van der Waals surface area contributed by atoms with Crippen LogP contribution in [0.15, 0.2) is 47.4 Å². The van der Waals surface area contributed by atoms with Gasteiger partial charge in [0.15, 0.2) is 11.5 Å². The van der Waals surface area contributed by atoms with Crippen molar-refractivity contribution in [3.63, 3.8) is 0 Å². The molecule has 7 nitrogen and oxygen atoms in total. The molecule has 8 heteroatoms. The number of hydrogen-bond donors (Lipinski definition) is 1. The standard InChI is InChI=1S/C21H24N2O5S/c1-15(24)22-18-3-5-19(6-4-18)29(25,26)23-10-8-16(9-11-23)12-17-2-7-20-21(13-17)28-14-27-20/h2-7,13,16H,8-12,14H2,1H3,(H,22,24). The monoisotopic (exact) mass is 416 g/mol. The lowest BCUT2D eigenvalue weighted by Gasteiger charge is -2.31. The van der Waals surface area contributed by atoms with Crippen molar-refractivity contribution >= 4 is 21.6 Å². The Kier molecular flexibility index (Phi) is 5.47. The lowest BCUT2D eigenvalue weighted by molar-refractivity contribution is -0.114. The number of fused-ring (bicyclic) bond motifs is 1. The van der Waals surface area contributed by atoms with E-state index in [0.717, 1.165) is 30.8 Å². The maximum atomic E-state index is 12.9. The van der Waals surface area contributed by atoms with Crippen LogP contribution in [0.2, 0.25) is 0 Å². The summed E-state index contributed by atoms with van der Waals surface area (Å²) in [5, 5.41) is 2.64. The van der Waals surface area contributed by atoms with Crippen molar-refractivity contribution in [2.75, 3.05) is 25.2 Å². The second-order valence-electron chi connectivity index (χ2n) is 7.44. The summed E-state index contributed by atoms with van der Waals surface area (Å²) in [4.78, 5) is 11.4. The van der Waals surface area contributed by atoms with E-state index >= 15 is 0 Å². The molecule has 1 fully saturated rings. The third-order valence-electron chi connectivity index (χ3n) is 5.35. The van der Waals surface area contributed by atoms with Crippen LogP contribution < -0.4 is 14.8 Å². The summed E-state index contributed by atoms with van der Waals surface area (Å²) in [5.41, 5.74) is 1.77. The van der Waals surface area contributed by atoms with E-state index < -0.39 is 10.0 Å². The Morgan fingerprint density at radius 2 is 1.76 bits per heavy atom. The van der Waals surface area contributed by atoms with Gasteiger partial charge in [-0.3, -0.25) is 4.79 Å². The Hall–Kier alpha value is -2.58. The molecule has 0 radical (unpaired) electrons. The smallest absolute Gasteiger partial charge is 0.243 e. The molecule has 0 aliphatic carbocycles. The highest BCUT2D eigenvalue weighted by atomic mass is 32.2. The van der Waals surface area contributed by atoms with Crippen LogP contribution in [-0.4, -0.2) is 38.5 Å². The van der Waals surface area contributed by atoms with E-state index in [9.17, 15) is 13.2 Å². The number of benzene rings is 2. The van der Waals surface area contributed by atoms with Crippen LogP contribution in [0.1, 0.15) is 25.3 Å². The van der Waals surface area contributed by atoms with Gasteiger partial charge in [0.2, 0.25) is 22.7 Å². The molecular weight excluding hydrogens is 392 g/mol. The first-order chi connectivity index (χ1) is 13.9. The number of nitrogens with zero attached hydrogens (tertiary/aromatic N) is 1. The zero-order valence-corrected chi connectivity index (χ0v) is 17.1. The van der Waals surface area contributed by atoms with Crippen molar-refractivity contribution in [2.24, 2.45) is 5.92 Å². The second-order valence-corrected chi connectivity index (χ2v) is 9.38. The van der Waals surface area contributed by atoms with Crippen LogP contribution in [0.5, 0.6) is 11.5 Å². The molecule has 0 unspecified atom stereocenters. The lowest BCUT2D eigenvalue weighted by Crippen LogP contribution is -2.38. The normalized spacial score (nSPS) is 17.3. The first-order valence-electron chi connectivity index (χ1n) is 9.68. The highest BCUT2D eigenvalue weighted by Gasteiger charge is 2.29. The molecule has 2 aromatic rings. The van der Waals surface area contributed by atoms with Gasteiger partial charge in [-0.05, 0) is 67.1 Å². The number of hydrogen-bond acceptors (Lipinski definition) is 5. The van der Waals surface area contributed by atoms with Crippen molar-refractivity contribution in [3.8, 4) is 11.5 Å². The molecular formula is C21H24N2O5S. The van der Waals surface area contributed by atoms with Crippen LogP contribution in [0.3, 0.4) is 0 Å². The average molecular weight is 416 g/mol. The Bertz CT molecular complexity index is 996. The average Bonchev–Trinajstić information content (AvgIpc) is 3.16. The van der Waals surface area contributed by atoms with E-state index in [1.807, 2.05) is 18.2 Å². The zero-order valence-electron chi connectivity index (χ0n) is 16.3. The van der Waals surface area contributed by atoms with Gasteiger partial charge in [-0.2, -0.15) is 4.31 Å². The van der Waals surface area contributed by atoms with Gasteiger partial charge in [0.1, 0.15) is 0 Å². The maximum Gasteiger partial charge on any atom is 0.243 e. The van der Waals surface area contributed by atoms with Crippen molar-refractivity contribution in [1.29, 1.82) is 0 Å². The quantitative estimate of drug-likeness (QED) is 0.810. The maximum absolute atomic E-state index is 12.9. The van der Waals surface area contributed by atoms with Crippen LogP contribution in [0, 0.1) is 5.92 Å². The second kappa shape index (κ2) is 8.04. The summed E-state index contributed by atoms with van der Waals surface area (Å²) in [5.74, 6) is 1.80. The zero-order chi connectivity index (χ0) is 20.4. The molecule has 2 aromatic carbocycles. The predicted molar refractivity (Wildman–Crippen MR) is 108 cm³/mol. The minimum absolute atomic E-state index is 0.190. The summed E-state index contributed by atoms with van der Waals surface area (Å²) < 4.78 is 38.2. The van der Waals surface area contributed by atoms with E-state index in [1.165, 1.54) is 12.5 Å². The molecule has 2 heterocycles. The van der Waals surface area contributed by atoms with Gasteiger partial charge >= 0.3 is 0 Å². The summed E-state index contributed by atoms with van der Waals surface area (Å²) >= 11 is 0. The van der Waals surface area contributed by atoms with E-state index in [1.54, 1.807) is 28.6 Å². The third-order valence-corrected chi connectivity index (χ3v) is 7.26. The Morgan fingerprint density at radius 1 is 1.07 bits per heavy atom. The number of anilines is 1. The number of carbonyl (C=O) groups excluding carboxylic acids is 1. The Balaban J connectivity index is 1.36. The van der Waals surface area contributed by atoms with E-state index in [0.29, 0.717) is 24.7 Å². The fourth-order valence-electron chi connectivity index (χ4n) is 3.82. The molecule has 154 valence electrons. The summed E-state index contributed by atoms with van der Waals surface area (Å²) in [6.45, 7) is 2.69. The summed E-state index contributed by atoms with van der Waals surface area (Å²) in [6, 6.07) is 12.3. The van der Waals surface area contributed by atoms with Crippen LogP contribution in [-0.2, 0) is 21.2 Å².